The Bertz CT molecular complexity index is 1440. The van der Waals surface area contributed by atoms with E-state index in [9.17, 15) is 15.2 Å². The molecule has 1 N–H and O–H groups in total. The maximum Gasteiger partial charge on any atom is 0.528 e. The van der Waals surface area contributed by atoms with Crippen molar-refractivity contribution in [1.29, 1.82) is 5.26 Å². The number of aromatic nitrogens is 2. The molecular formula is C31H37IN6O4. The zero-order valence-electron chi connectivity index (χ0n) is 24.3. The Kier molecular flexibility index (Phi) is 9.37. The molecule has 0 aliphatic carbocycles. The number of hydrogen-bond donors (Lipinski definition) is 1. The Morgan fingerprint density at radius 2 is 1.79 bits per heavy atom. The number of anilines is 1. The summed E-state index contributed by atoms with van der Waals surface area (Å²) in [7, 11) is 0. The maximum atomic E-state index is 12.3. The first kappa shape index (κ1) is 30.3. The zero-order chi connectivity index (χ0) is 29.9. The molecule has 2 aliphatic heterocycles. The van der Waals surface area contributed by atoms with Gasteiger partial charge in [-0.15, -0.1) is 5.06 Å². The van der Waals surface area contributed by atoms with E-state index in [1.165, 1.54) is 0 Å². The Hall–Kier alpha value is -3.18. The van der Waals surface area contributed by atoms with E-state index >= 15 is 0 Å². The van der Waals surface area contributed by atoms with E-state index in [2.05, 4.69) is 38.5 Å². The van der Waals surface area contributed by atoms with Crippen molar-refractivity contribution in [2.75, 3.05) is 44.2 Å². The molecule has 0 amide bonds. The number of rotatable bonds is 7. The molecule has 0 spiro atoms. The second-order valence-corrected chi connectivity index (χ2v) is 12.9. The van der Waals surface area contributed by atoms with Gasteiger partial charge in [-0.2, -0.15) is 10.4 Å². The summed E-state index contributed by atoms with van der Waals surface area (Å²) in [5.74, 6) is 0. The maximum absolute atomic E-state index is 12.3. The molecule has 2 aromatic carbocycles. The minimum Gasteiger partial charge on any atom is -0.427 e. The van der Waals surface area contributed by atoms with Gasteiger partial charge in [0.25, 0.3) is 0 Å². The molecule has 1 fully saturated rings. The highest BCUT2D eigenvalue weighted by Crippen LogP contribution is 2.31. The van der Waals surface area contributed by atoms with Crippen LogP contribution >= 0.6 is 22.6 Å². The molecule has 10 nitrogen and oxygen atoms in total. The van der Waals surface area contributed by atoms with Crippen molar-refractivity contribution in [2.45, 2.75) is 52.0 Å². The van der Waals surface area contributed by atoms with Gasteiger partial charge < -0.3 is 19.6 Å². The molecule has 2 aliphatic rings. The smallest absolute Gasteiger partial charge is 0.427 e. The number of nitriles is 1. The van der Waals surface area contributed by atoms with E-state index in [1.54, 1.807) is 25.8 Å². The fourth-order valence-corrected chi connectivity index (χ4v) is 5.84. The summed E-state index contributed by atoms with van der Waals surface area (Å²) in [6, 6.07) is 18.2. The largest absolute Gasteiger partial charge is 0.528 e. The number of hydrogen-bond acceptors (Lipinski definition) is 9. The number of β-amino-alcohol motifs (C(OH)–C–C–N with tert-alkyl or cyclic N) is 1. The first-order chi connectivity index (χ1) is 20.1. The highest BCUT2D eigenvalue weighted by molar-refractivity contribution is 14.1. The molecular weight excluding hydrogens is 647 g/mol. The third kappa shape index (κ3) is 7.42. The van der Waals surface area contributed by atoms with Crippen LogP contribution < -0.4 is 4.90 Å². The molecule has 5 rings (SSSR count). The quantitative estimate of drug-likeness (QED) is 0.286. The molecule has 1 unspecified atom stereocenters. The first-order valence-corrected chi connectivity index (χ1v) is 15.3. The van der Waals surface area contributed by atoms with Gasteiger partial charge in [0.05, 0.1) is 36.1 Å². The van der Waals surface area contributed by atoms with Gasteiger partial charge in [-0.3, -0.25) is 9.58 Å². The van der Waals surface area contributed by atoms with E-state index in [4.69, 9.17) is 14.7 Å². The number of piperazine rings is 1. The van der Waals surface area contributed by atoms with E-state index in [-0.39, 0.29) is 0 Å². The van der Waals surface area contributed by atoms with Crippen molar-refractivity contribution in [2.24, 2.45) is 0 Å². The molecule has 0 radical (unpaired) electrons. The third-order valence-corrected chi connectivity index (χ3v) is 8.12. The van der Waals surface area contributed by atoms with Crippen LogP contribution in [0.3, 0.4) is 0 Å². The lowest BCUT2D eigenvalue weighted by molar-refractivity contribution is -0.151. The van der Waals surface area contributed by atoms with E-state index < -0.39 is 17.9 Å². The number of carbonyl (C=O) groups excluding carboxylic acids is 1. The molecule has 1 saturated heterocycles. The average molecular weight is 685 g/mol. The highest BCUT2D eigenvalue weighted by Gasteiger charge is 2.30. The van der Waals surface area contributed by atoms with Crippen LogP contribution in [0, 0.1) is 14.9 Å². The van der Waals surface area contributed by atoms with Crippen LogP contribution in [0.2, 0.25) is 0 Å². The molecule has 1 atom stereocenters. The van der Waals surface area contributed by atoms with Gasteiger partial charge in [-0.05, 0) is 67.6 Å². The van der Waals surface area contributed by atoms with Crippen molar-refractivity contribution < 1.29 is 19.5 Å². The summed E-state index contributed by atoms with van der Waals surface area (Å²) in [5.41, 5.74) is 4.86. The molecule has 3 aromatic rings. The summed E-state index contributed by atoms with van der Waals surface area (Å²) in [6.07, 6.45) is -0.701. The lowest BCUT2D eigenvalue weighted by Gasteiger charge is -2.37. The van der Waals surface area contributed by atoms with E-state index in [0.717, 1.165) is 58.0 Å². The molecule has 3 heterocycles. The molecule has 42 heavy (non-hydrogen) atoms. The van der Waals surface area contributed by atoms with E-state index in [0.29, 0.717) is 38.2 Å². The van der Waals surface area contributed by atoms with Crippen LogP contribution in [0.5, 0.6) is 0 Å². The minimum atomic E-state index is -0.721. The number of benzene rings is 2. The van der Waals surface area contributed by atoms with Gasteiger partial charge in [-0.25, -0.2) is 4.79 Å². The number of carbonyl (C=O) groups is 1. The predicted molar refractivity (Wildman–Crippen MR) is 168 cm³/mol. The topological polar surface area (TPSA) is 107 Å². The molecule has 0 saturated carbocycles. The fourth-order valence-electron chi connectivity index (χ4n) is 5.48. The van der Waals surface area contributed by atoms with E-state index in [1.807, 2.05) is 53.2 Å². The number of fused-ring (bicyclic) bond motifs is 1. The number of ether oxygens (including phenoxy) is 1. The second kappa shape index (κ2) is 13.0. The Morgan fingerprint density at radius 3 is 2.48 bits per heavy atom. The van der Waals surface area contributed by atoms with Crippen LogP contribution in [-0.2, 0) is 29.1 Å². The number of para-hydroxylation sites is 1. The minimum absolute atomic E-state index is 0.372. The molecule has 1 aromatic heterocycles. The number of halogens is 1. The average Bonchev–Trinajstić information content (AvgIpc) is 3.30. The second-order valence-electron chi connectivity index (χ2n) is 11.7. The van der Waals surface area contributed by atoms with Crippen molar-refractivity contribution in [3.63, 3.8) is 0 Å². The van der Waals surface area contributed by atoms with Crippen molar-refractivity contribution in [3.05, 3.63) is 68.9 Å². The van der Waals surface area contributed by atoms with Crippen LogP contribution in [0.15, 0.2) is 48.5 Å². The standard InChI is InChI=1S/C31H37IN6O4/c1-31(2,3)41-30(40)42-37-13-12-28-26(21-37)29(22-8-10-24(32)11-9-22)34-38(28)20-25(39)19-35-14-16-36(17-15-35)27-7-5-4-6-23(27)18-33/h4-11,25,39H,12-17,19-21H2,1-3H3. The van der Waals surface area contributed by atoms with Crippen molar-refractivity contribution in [1.82, 2.24) is 19.7 Å². The fraction of sp³-hybridized carbons (Fsp3) is 0.452. The van der Waals surface area contributed by atoms with Gasteiger partial charge in [0.1, 0.15) is 11.7 Å². The highest BCUT2D eigenvalue weighted by atomic mass is 127. The number of nitrogens with zero attached hydrogens (tertiary/aromatic N) is 6. The summed E-state index contributed by atoms with van der Waals surface area (Å²) in [6.45, 7) is 10.4. The Balaban J connectivity index is 1.26. The van der Waals surface area contributed by atoms with Crippen LogP contribution in [0.1, 0.15) is 37.6 Å². The summed E-state index contributed by atoms with van der Waals surface area (Å²) < 4.78 is 8.41. The Labute approximate surface area is 260 Å². The molecule has 11 heteroatoms. The zero-order valence-corrected chi connectivity index (χ0v) is 26.5. The predicted octanol–water partition coefficient (Wildman–Crippen LogP) is 4.43. The number of aliphatic hydroxyl groups is 1. The van der Waals surface area contributed by atoms with Crippen LogP contribution in [0.25, 0.3) is 11.3 Å². The van der Waals surface area contributed by atoms with Gasteiger partial charge >= 0.3 is 6.16 Å². The Morgan fingerprint density at radius 1 is 1.07 bits per heavy atom. The number of aliphatic hydroxyl groups excluding tert-OH is 1. The van der Waals surface area contributed by atoms with Crippen molar-refractivity contribution >= 4 is 34.4 Å². The number of hydroxylamine groups is 2. The first-order valence-electron chi connectivity index (χ1n) is 14.2. The van der Waals surface area contributed by atoms with Gasteiger partial charge in [0.2, 0.25) is 0 Å². The van der Waals surface area contributed by atoms with Crippen molar-refractivity contribution in [3.8, 4) is 17.3 Å². The SMILES string of the molecule is CC(C)(C)OC(=O)ON1CCc2c(c(-c3ccc(I)cc3)nn2CC(O)CN2CCN(c3ccccc3C#N)CC2)C1. The van der Waals surface area contributed by atoms with Crippen LogP contribution in [0.4, 0.5) is 10.5 Å². The molecule has 222 valence electrons. The summed E-state index contributed by atoms with van der Waals surface area (Å²) in [5, 5.41) is 27.2. The third-order valence-electron chi connectivity index (χ3n) is 7.40. The van der Waals surface area contributed by atoms with Gasteiger partial charge in [0.15, 0.2) is 0 Å². The monoisotopic (exact) mass is 684 g/mol. The van der Waals surface area contributed by atoms with Gasteiger partial charge in [0, 0.05) is 66.1 Å². The summed E-state index contributed by atoms with van der Waals surface area (Å²) >= 11 is 2.28. The summed E-state index contributed by atoms with van der Waals surface area (Å²) in [4.78, 5) is 22.4. The molecule has 0 bridgehead atoms. The van der Waals surface area contributed by atoms with Gasteiger partial charge in [-0.1, -0.05) is 24.3 Å². The van der Waals surface area contributed by atoms with Crippen LogP contribution in [-0.4, -0.2) is 82.0 Å². The lowest BCUT2D eigenvalue weighted by Crippen LogP contribution is -2.49. The lowest BCUT2D eigenvalue weighted by atomic mass is 10.0. The normalized spacial score (nSPS) is 16.9.